The largest absolute Gasteiger partial charge is 0.464 e. The van der Waals surface area contributed by atoms with E-state index < -0.39 is 40.4 Å². The van der Waals surface area contributed by atoms with Gasteiger partial charge in [0, 0.05) is 92.2 Å². The number of fused-ring (bicyclic) bond motifs is 6. The molecule has 2 fully saturated rings. The SMILES string of the molecule is CCn1c(-c2cccnc2[C@H](C)OC)c2c3cc(ccc31)-c1csc(n1)C[C@]([Si])(NC(=O)[C@@H]1CN(C(C)=O)CCN1C)C(=O)N1CCC[C@H](N1)C(=O)OCC(C)(C)C2. The molecule has 0 aliphatic carbocycles. The zero-order valence-electron chi connectivity index (χ0n) is 34.4. The minimum Gasteiger partial charge on any atom is -0.464 e. The van der Waals surface area contributed by atoms with Gasteiger partial charge in [-0.2, -0.15) is 0 Å². The molecule has 3 aliphatic heterocycles. The second-order valence-electron chi connectivity index (χ2n) is 16.5. The summed E-state index contributed by atoms with van der Waals surface area (Å²) in [6, 6.07) is 8.97. The summed E-state index contributed by atoms with van der Waals surface area (Å²) in [5, 5.41) is 6.44. The molecule has 0 unspecified atom stereocenters. The van der Waals surface area contributed by atoms with E-state index in [1.807, 2.05) is 30.3 Å². The Kier molecular flexibility index (Phi) is 12.0. The molecule has 14 nitrogen and oxygen atoms in total. The number of aryl methyl sites for hydroxylation is 1. The van der Waals surface area contributed by atoms with E-state index in [0.717, 1.165) is 44.7 Å². The van der Waals surface area contributed by atoms with Gasteiger partial charge in [-0.05, 0) is 70.0 Å². The summed E-state index contributed by atoms with van der Waals surface area (Å²) >= 11 is 1.41. The molecule has 3 aliphatic rings. The molecule has 4 atom stereocenters. The number of cyclic esters (lactones) is 1. The first-order chi connectivity index (χ1) is 27.6. The van der Waals surface area contributed by atoms with E-state index in [1.54, 1.807) is 18.2 Å². The molecule has 6 heterocycles. The quantitative estimate of drug-likeness (QED) is 0.217. The molecular weight excluding hydrogens is 773 g/mol. The maximum Gasteiger partial charge on any atom is 0.324 e. The summed E-state index contributed by atoms with van der Waals surface area (Å²) in [5.74, 6) is -1.44. The van der Waals surface area contributed by atoms with E-state index in [9.17, 15) is 19.2 Å². The van der Waals surface area contributed by atoms with E-state index in [2.05, 4.69) is 70.6 Å². The Balaban J connectivity index is 1.34. The molecule has 307 valence electrons. The van der Waals surface area contributed by atoms with Crippen molar-refractivity contribution in [2.75, 3.05) is 46.9 Å². The number of nitrogens with zero attached hydrogens (tertiary/aromatic N) is 6. The summed E-state index contributed by atoms with van der Waals surface area (Å²) < 4.78 is 14.2. The van der Waals surface area contributed by atoms with Crippen molar-refractivity contribution in [2.45, 2.75) is 90.2 Å². The van der Waals surface area contributed by atoms with Crippen LogP contribution < -0.4 is 10.7 Å². The van der Waals surface area contributed by atoms with Gasteiger partial charge < -0.3 is 24.3 Å². The third-order valence-corrected chi connectivity index (χ3v) is 13.0. The van der Waals surface area contributed by atoms with Crippen LogP contribution in [-0.4, -0.2) is 127 Å². The molecular formula is C42H53N8O6SSi. The summed E-state index contributed by atoms with van der Waals surface area (Å²) in [5.41, 5.74) is 9.33. The van der Waals surface area contributed by atoms with Crippen LogP contribution in [0, 0.1) is 5.41 Å². The van der Waals surface area contributed by atoms with E-state index >= 15 is 0 Å². The van der Waals surface area contributed by atoms with Crippen molar-refractivity contribution in [3.05, 3.63) is 58.2 Å². The van der Waals surface area contributed by atoms with Gasteiger partial charge in [-0.15, -0.1) is 11.3 Å². The Labute approximate surface area is 347 Å². The molecule has 2 N–H and O–H groups in total. The van der Waals surface area contributed by atoms with Crippen LogP contribution in [0.15, 0.2) is 41.9 Å². The lowest BCUT2D eigenvalue weighted by Crippen LogP contribution is -2.69. The summed E-state index contributed by atoms with van der Waals surface area (Å²) in [4.78, 5) is 68.2. The van der Waals surface area contributed by atoms with E-state index in [-0.39, 0.29) is 31.6 Å². The third-order valence-electron chi connectivity index (χ3n) is 11.7. The molecule has 3 aromatic heterocycles. The lowest BCUT2D eigenvalue weighted by molar-refractivity contribution is -0.156. The van der Waals surface area contributed by atoms with Crippen molar-refractivity contribution in [1.82, 2.24) is 40.1 Å². The second kappa shape index (κ2) is 16.6. The molecule has 7 rings (SSSR count). The van der Waals surface area contributed by atoms with Gasteiger partial charge in [-0.3, -0.25) is 34.1 Å². The Morgan fingerprint density at radius 3 is 2.71 bits per heavy atom. The van der Waals surface area contributed by atoms with Crippen molar-refractivity contribution in [2.24, 2.45) is 5.41 Å². The normalized spacial score (nSPS) is 23.7. The van der Waals surface area contributed by atoms with Crippen LogP contribution >= 0.6 is 11.3 Å². The fraction of sp³-hybridized carbons (Fsp3) is 0.524. The van der Waals surface area contributed by atoms with Crippen LogP contribution in [0.3, 0.4) is 0 Å². The minimum atomic E-state index is -1.64. The molecule has 3 radical (unpaired) electrons. The average molecular weight is 826 g/mol. The topological polar surface area (TPSA) is 151 Å². The highest BCUT2D eigenvalue weighted by Gasteiger charge is 2.44. The number of esters is 1. The number of hydrazine groups is 1. The molecule has 0 saturated carbocycles. The van der Waals surface area contributed by atoms with Crippen LogP contribution in [0.4, 0.5) is 0 Å². The van der Waals surface area contributed by atoms with Crippen molar-refractivity contribution in [1.29, 1.82) is 0 Å². The van der Waals surface area contributed by atoms with Gasteiger partial charge in [-0.25, -0.2) is 10.4 Å². The number of ether oxygens (including phenoxy) is 2. The number of hydrogen-bond donors (Lipinski definition) is 2. The van der Waals surface area contributed by atoms with Crippen molar-refractivity contribution >= 4 is 56.2 Å². The highest BCUT2D eigenvalue weighted by molar-refractivity contribution is 7.10. The number of carbonyl (C=O) groups is 4. The zero-order valence-corrected chi connectivity index (χ0v) is 36.2. The summed E-state index contributed by atoms with van der Waals surface area (Å²) in [7, 11) is 7.30. The number of rotatable bonds is 6. The van der Waals surface area contributed by atoms with Crippen LogP contribution in [0.25, 0.3) is 33.4 Å². The number of aromatic nitrogens is 3. The number of piperazine rings is 1. The number of pyridine rings is 1. The minimum absolute atomic E-state index is 0.0266. The van der Waals surface area contributed by atoms with Crippen LogP contribution in [-0.2, 0) is 48.0 Å². The smallest absolute Gasteiger partial charge is 0.324 e. The number of carbonyl (C=O) groups excluding carboxylic acids is 4. The van der Waals surface area contributed by atoms with Crippen molar-refractivity contribution < 1.29 is 28.7 Å². The molecule has 58 heavy (non-hydrogen) atoms. The Hall–Kier alpha value is -4.48. The Bertz CT molecular complexity index is 2220. The highest BCUT2D eigenvalue weighted by Crippen LogP contribution is 2.42. The predicted octanol–water partition coefficient (Wildman–Crippen LogP) is 3.86. The van der Waals surface area contributed by atoms with E-state index in [4.69, 9.17) is 19.4 Å². The summed E-state index contributed by atoms with van der Waals surface area (Å²) in [6.45, 7) is 12.2. The summed E-state index contributed by atoms with van der Waals surface area (Å²) in [6.07, 6.45) is 3.19. The predicted molar refractivity (Wildman–Crippen MR) is 223 cm³/mol. The zero-order chi connectivity index (χ0) is 41.5. The van der Waals surface area contributed by atoms with Gasteiger partial charge in [-0.1, -0.05) is 19.9 Å². The van der Waals surface area contributed by atoms with E-state index in [0.29, 0.717) is 50.4 Å². The maximum atomic E-state index is 14.6. The molecule has 1 aromatic carbocycles. The first kappa shape index (κ1) is 41.7. The number of likely N-dealkylation sites (N-methyl/N-ethyl adjacent to an activating group) is 1. The van der Waals surface area contributed by atoms with Gasteiger partial charge >= 0.3 is 5.97 Å². The van der Waals surface area contributed by atoms with Gasteiger partial charge in [0.1, 0.15) is 17.2 Å². The lowest BCUT2D eigenvalue weighted by Gasteiger charge is -2.42. The van der Waals surface area contributed by atoms with Crippen LogP contribution in [0.1, 0.15) is 69.8 Å². The molecule has 0 spiro atoms. The van der Waals surface area contributed by atoms with E-state index in [1.165, 1.54) is 23.3 Å². The lowest BCUT2D eigenvalue weighted by atomic mass is 9.84. The number of nitrogens with one attached hydrogen (secondary N) is 2. The first-order valence-electron chi connectivity index (χ1n) is 20.0. The van der Waals surface area contributed by atoms with Gasteiger partial charge in [0.2, 0.25) is 11.8 Å². The van der Waals surface area contributed by atoms with Crippen molar-refractivity contribution in [3.63, 3.8) is 0 Å². The fourth-order valence-corrected chi connectivity index (χ4v) is 9.78. The Morgan fingerprint density at radius 2 is 1.97 bits per heavy atom. The molecule has 2 saturated heterocycles. The first-order valence-corrected chi connectivity index (χ1v) is 21.4. The van der Waals surface area contributed by atoms with Crippen LogP contribution in [0.2, 0.25) is 0 Å². The molecule has 3 amide bonds. The molecule has 6 bridgehead atoms. The molecule has 4 aromatic rings. The highest BCUT2D eigenvalue weighted by atomic mass is 32.1. The standard InChI is InChI=1S/C42H53N8O6SSi/c1-8-49-33-14-13-27-19-29(33)30(37(49)28-11-9-15-43-36(28)25(2)55-7)20-41(4,5)24-56-39(53)31-12-10-16-50(46-31)40(54)42(58,21-35-44-32(27)23-57-35)45-38(52)34-22-48(26(3)51)18-17-47(34)6/h9,11,13-15,19,23,25,31,34,46H,8,10,12,16-18,20-22,24H2,1-7H3,(H,45,52)/t25-,31-,34-,42+/m0/s1. The number of amides is 3. The van der Waals surface area contributed by atoms with Crippen molar-refractivity contribution in [3.8, 4) is 22.5 Å². The number of hydrogen-bond acceptors (Lipinski definition) is 11. The molecule has 16 heteroatoms. The van der Waals surface area contributed by atoms with Gasteiger partial charge in [0.05, 0.1) is 45.0 Å². The second-order valence-corrected chi connectivity index (χ2v) is 18.3. The average Bonchev–Trinajstić information content (AvgIpc) is 3.80. The van der Waals surface area contributed by atoms with Crippen LogP contribution in [0.5, 0.6) is 0 Å². The Morgan fingerprint density at radius 1 is 1.17 bits per heavy atom. The third kappa shape index (κ3) is 8.21. The monoisotopic (exact) mass is 825 g/mol. The fourth-order valence-electron chi connectivity index (χ4n) is 8.34. The van der Waals surface area contributed by atoms with Gasteiger partial charge in [0.25, 0.3) is 5.91 Å². The number of benzene rings is 1. The van der Waals surface area contributed by atoms with Gasteiger partial charge in [0.15, 0.2) is 0 Å². The number of thiazole rings is 1. The number of methoxy groups -OCH3 is 1. The maximum absolute atomic E-state index is 14.6.